The maximum absolute atomic E-state index is 13.7. The highest BCUT2D eigenvalue weighted by Gasteiger charge is 2.31. The van der Waals surface area contributed by atoms with Crippen molar-refractivity contribution >= 4 is 10.0 Å². The summed E-state index contributed by atoms with van der Waals surface area (Å²) in [5.41, 5.74) is 2.19. The van der Waals surface area contributed by atoms with Crippen LogP contribution in [0.1, 0.15) is 81.5 Å². The molecule has 0 spiro atoms. The Balaban J connectivity index is 2.13. The maximum atomic E-state index is 13.7. The van der Waals surface area contributed by atoms with Crippen LogP contribution in [0.3, 0.4) is 0 Å². The second kappa shape index (κ2) is 8.93. The summed E-state index contributed by atoms with van der Waals surface area (Å²) in [6, 6.07) is 8.23. The number of nitrogens with zero attached hydrogens (tertiary/aromatic N) is 3. The number of benzene rings is 2. The summed E-state index contributed by atoms with van der Waals surface area (Å²) in [7, 11) is -4.09. The lowest BCUT2D eigenvalue weighted by molar-refractivity contribution is -0.137. The van der Waals surface area contributed by atoms with E-state index in [0.29, 0.717) is 16.7 Å². The Morgan fingerprint density at radius 1 is 0.848 bits per heavy atom. The minimum Gasteiger partial charge on any atom is -0.199 e. The number of alkyl halides is 3. The van der Waals surface area contributed by atoms with Gasteiger partial charge in [-0.3, -0.25) is 0 Å². The molecule has 0 aliphatic carbocycles. The normalized spacial score (nSPS) is 12.8. The van der Waals surface area contributed by atoms with Crippen molar-refractivity contribution in [3.05, 3.63) is 64.8 Å². The molecule has 3 rings (SSSR count). The molecule has 1 aromatic heterocycles. The van der Waals surface area contributed by atoms with Gasteiger partial charge in [0.2, 0.25) is 0 Å². The van der Waals surface area contributed by atoms with E-state index in [1.807, 2.05) is 39.8 Å². The van der Waals surface area contributed by atoms with E-state index < -0.39 is 21.8 Å². The number of halogens is 3. The van der Waals surface area contributed by atoms with Crippen LogP contribution < -0.4 is 0 Å². The molecule has 0 bridgehead atoms. The van der Waals surface area contributed by atoms with Crippen molar-refractivity contribution in [2.45, 2.75) is 70.4 Å². The van der Waals surface area contributed by atoms with E-state index in [2.05, 4.69) is 24.2 Å². The van der Waals surface area contributed by atoms with Gasteiger partial charge in [0.25, 0.3) is 10.0 Å². The van der Waals surface area contributed by atoms with Crippen molar-refractivity contribution in [1.82, 2.24) is 14.4 Å². The number of aromatic nitrogens is 3. The van der Waals surface area contributed by atoms with E-state index in [1.54, 1.807) is 0 Å². The zero-order valence-corrected chi connectivity index (χ0v) is 20.3. The molecular weight excluding hydrogens is 451 g/mol. The zero-order valence-electron chi connectivity index (χ0n) is 19.5. The van der Waals surface area contributed by atoms with Gasteiger partial charge in [-0.05, 0) is 46.6 Å². The second-order valence-corrected chi connectivity index (χ2v) is 10.8. The summed E-state index contributed by atoms with van der Waals surface area (Å²) < 4.78 is 66.8. The number of hydrogen-bond acceptors (Lipinski definition) is 4. The van der Waals surface area contributed by atoms with Crippen LogP contribution in [0.25, 0.3) is 11.3 Å². The summed E-state index contributed by atoms with van der Waals surface area (Å²) in [6.45, 7) is 11.9. The largest absolute Gasteiger partial charge is 0.416 e. The summed E-state index contributed by atoms with van der Waals surface area (Å²) in [5.74, 6) is 0.127. The Kier molecular flexibility index (Phi) is 6.75. The first-order chi connectivity index (χ1) is 15.2. The average molecular weight is 480 g/mol. The van der Waals surface area contributed by atoms with E-state index in [4.69, 9.17) is 0 Å². The molecule has 3 aromatic rings. The van der Waals surface area contributed by atoms with Crippen LogP contribution in [0, 0.1) is 0 Å². The first-order valence-corrected chi connectivity index (χ1v) is 12.2. The molecular formula is C24H28F3N3O2S. The van der Waals surface area contributed by atoms with Gasteiger partial charge in [0.15, 0.2) is 0 Å². The maximum Gasteiger partial charge on any atom is 0.416 e. The standard InChI is InChI=1S/C24H28F3N3O2S/c1-14(2)18-11-20(15(3)4)23(21(12-18)16(5)6)33(31,32)30-13-22(28-29-30)17-7-9-19(10-8-17)24(25,26)27/h7-16H,1-6H3. The fraction of sp³-hybridized carbons (Fsp3) is 0.417. The van der Waals surface area contributed by atoms with Crippen molar-refractivity contribution in [2.24, 2.45) is 0 Å². The van der Waals surface area contributed by atoms with E-state index in [9.17, 15) is 21.6 Å². The van der Waals surface area contributed by atoms with Crippen LogP contribution in [0.2, 0.25) is 0 Å². The summed E-state index contributed by atoms with van der Waals surface area (Å²) in [4.78, 5) is 0.209. The van der Waals surface area contributed by atoms with Gasteiger partial charge in [-0.25, -0.2) is 0 Å². The van der Waals surface area contributed by atoms with Crippen molar-refractivity contribution in [2.75, 3.05) is 0 Å². The van der Waals surface area contributed by atoms with Gasteiger partial charge in [0, 0.05) is 5.56 Å². The Hall–Kier alpha value is -2.68. The van der Waals surface area contributed by atoms with E-state index in [1.165, 1.54) is 18.3 Å². The Bertz CT molecular complexity index is 1210. The smallest absolute Gasteiger partial charge is 0.199 e. The highest BCUT2D eigenvalue weighted by molar-refractivity contribution is 7.90. The minimum atomic E-state index is -4.46. The van der Waals surface area contributed by atoms with Gasteiger partial charge in [-0.15, -0.1) is 9.19 Å². The van der Waals surface area contributed by atoms with Gasteiger partial charge in [0.1, 0.15) is 5.69 Å². The lowest BCUT2D eigenvalue weighted by Crippen LogP contribution is -2.19. The Morgan fingerprint density at radius 3 is 1.79 bits per heavy atom. The monoisotopic (exact) mass is 479 g/mol. The molecule has 5 nitrogen and oxygen atoms in total. The lowest BCUT2D eigenvalue weighted by atomic mass is 9.89. The summed E-state index contributed by atoms with van der Waals surface area (Å²) in [5, 5.41) is 7.74. The molecule has 0 amide bonds. The third-order valence-electron chi connectivity index (χ3n) is 5.56. The fourth-order valence-electron chi connectivity index (χ4n) is 3.61. The molecule has 2 aromatic carbocycles. The number of hydrogen-bond donors (Lipinski definition) is 0. The van der Waals surface area contributed by atoms with Crippen LogP contribution in [-0.4, -0.2) is 22.8 Å². The van der Waals surface area contributed by atoms with Gasteiger partial charge >= 0.3 is 6.18 Å². The third-order valence-corrected chi connectivity index (χ3v) is 7.22. The predicted molar refractivity (Wildman–Crippen MR) is 122 cm³/mol. The number of rotatable bonds is 6. The second-order valence-electron chi connectivity index (χ2n) is 9.05. The molecule has 0 saturated carbocycles. The Morgan fingerprint density at radius 2 is 1.36 bits per heavy atom. The van der Waals surface area contributed by atoms with Gasteiger partial charge in [0.05, 0.1) is 16.7 Å². The van der Waals surface area contributed by atoms with E-state index in [0.717, 1.165) is 21.8 Å². The molecule has 0 fully saturated rings. The van der Waals surface area contributed by atoms with Crippen molar-refractivity contribution < 1.29 is 21.6 Å². The molecule has 0 unspecified atom stereocenters. The van der Waals surface area contributed by atoms with Crippen LogP contribution >= 0.6 is 0 Å². The van der Waals surface area contributed by atoms with Crippen LogP contribution in [0.5, 0.6) is 0 Å². The van der Waals surface area contributed by atoms with E-state index in [-0.39, 0.29) is 28.3 Å². The van der Waals surface area contributed by atoms with Crippen molar-refractivity contribution in [3.63, 3.8) is 0 Å². The average Bonchev–Trinajstić information content (AvgIpc) is 3.23. The first kappa shape index (κ1) is 25.0. The minimum absolute atomic E-state index is 0.0520. The van der Waals surface area contributed by atoms with Crippen LogP contribution in [-0.2, 0) is 16.2 Å². The molecule has 0 atom stereocenters. The SMILES string of the molecule is CC(C)c1cc(C(C)C)c(S(=O)(=O)n2cc(-c3ccc(C(F)(F)F)cc3)nn2)c(C(C)C)c1. The van der Waals surface area contributed by atoms with Gasteiger partial charge in [-0.2, -0.15) is 21.6 Å². The predicted octanol–water partition coefficient (Wildman–Crippen LogP) is 6.57. The van der Waals surface area contributed by atoms with Crippen molar-refractivity contribution in [3.8, 4) is 11.3 Å². The molecule has 1 heterocycles. The fourth-order valence-corrected chi connectivity index (χ4v) is 5.35. The summed E-state index contributed by atoms with van der Waals surface area (Å²) >= 11 is 0. The molecule has 9 heteroatoms. The molecule has 178 valence electrons. The summed E-state index contributed by atoms with van der Waals surface area (Å²) in [6.07, 6.45) is -3.22. The molecule has 0 N–H and O–H groups in total. The van der Waals surface area contributed by atoms with Gasteiger partial charge in [-0.1, -0.05) is 71.0 Å². The van der Waals surface area contributed by atoms with Crippen molar-refractivity contribution in [1.29, 1.82) is 0 Å². The third kappa shape index (κ3) is 4.98. The molecule has 0 saturated heterocycles. The van der Waals surface area contributed by atoms with Crippen LogP contribution in [0.4, 0.5) is 13.2 Å². The van der Waals surface area contributed by atoms with Crippen LogP contribution in [0.15, 0.2) is 47.5 Å². The highest BCUT2D eigenvalue weighted by Crippen LogP contribution is 2.36. The molecule has 0 aliphatic rings. The molecule has 0 radical (unpaired) electrons. The first-order valence-electron chi connectivity index (χ1n) is 10.8. The zero-order chi connectivity index (χ0) is 24.7. The topological polar surface area (TPSA) is 64.8 Å². The molecule has 33 heavy (non-hydrogen) atoms. The molecule has 0 aliphatic heterocycles. The lowest BCUT2D eigenvalue weighted by Gasteiger charge is -2.22. The highest BCUT2D eigenvalue weighted by atomic mass is 32.2. The quantitative estimate of drug-likeness (QED) is 0.401. The van der Waals surface area contributed by atoms with Gasteiger partial charge < -0.3 is 0 Å². The van der Waals surface area contributed by atoms with E-state index >= 15 is 0 Å². The Labute approximate surface area is 192 Å².